The van der Waals surface area contributed by atoms with Crippen molar-refractivity contribution >= 4 is 22.5 Å². The molecule has 0 saturated carbocycles. The maximum Gasteiger partial charge on any atom is 0.407 e. The first-order valence-corrected chi connectivity index (χ1v) is 15.1. The highest BCUT2D eigenvalue weighted by molar-refractivity contribution is 6.76. The van der Waals surface area contributed by atoms with Crippen LogP contribution in [0.25, 0.3) is 0 Å². The molecule has 0 aliphatic heterocycles. The average Bonchev–Trinajstić information content (AvgIpc) is 2.33. The number of hydrogen-bond donors (Lipinski definition) is 2. The lowest BCUT2D eigenvalue weighted by Gasteiger charge is -2.39. The summed E-state index contributed by atoms with van der Waals surface area (Å²) in [4.78, 5) is 11.8. The van der Waals surface area contributed by atoms with Crippen LogP contribution in [0.3, 0.4) is 0 Å². The van der Waals surface area contributed by atoms with Gasteiger partial charge in [-0.3, -0.25) is 0 Å². The smallest absolute Gasteiger partial charge is 0.407 e. The van der Waals surface area contributed by atoms with Crippen molar-refractivity contribution in [2.75, 3.05) is 19.8 Å². The number of alkyl carbamates (subject to hydrolysis) is 1. The van der Waals surface area contributed by atoms with Crippen molar-refractivity contribution in [2.24, 2.45) is 0 Å². The number of rotatable bonds is 9. The standard InChI is InChI=1S/C16H37NO4Si2/c1-16(2,3)23(7,8)21-14(9-10-18)13-17-15(19)20-11-12-22(4,5)6/h14,18H,9-13H2,1-8H3,(H,17,19)/t14-/m1/s1. The molecule has 0 unspecified atom stereocenters. The predicted molar refractivity (Wildman–Crippen MR) is 101 cm³/mol. The Morgan fingerprint density at radius 1 is 1.17 bits per heavy atom. The van der Waals surface area contributed by atoms with Gasteiger partial charge in [0.05, 0.1) is 12.7 Å². The molecule has 23 heavy (non-hydrogen) atoms. The van der Waals surface area contributed by atoms with Crippen molar-refractivity contribution in [1.82, 2.24) is 5.32 Å². The Balaban J connectivity index is 4.36. The summed E-state index contributed by atoms with van der Waals surface area (Å²) in [6.07, 6.45) is -0.0581. The minimum atomic E-state index is -1.93. The van der Waals surface area contributed by atoms with Crippen LogP contribution in [-0.2, 0) is 9.16 Å². The lowest BCUT2D eigenvalue weighted by Crippen LogP contribution is -2.47. The van der Waals surface area contributed by atoms with Gasteiger partial charge in [-0.25, -0.2) is 4.79 Å². The van der Waals surface area contributed by atoms with E-state index in [9.17, 15) is 9.90 Å². The third-order valence-corrected chi connectivity index (χ3v) is 10.5. The average molecular weight is 364 g/mol. The van der Waals surface area contributed by atoms with E-state index < -0.39 is 22.5 Å². The van der Waals surface area contributed by atoms with Gasteiger partial charge >= 0.3 is 6.09 Å². The van der Waals surface area contributed by atoms with Gasteiger partial charge in [0.1, 0.15) is 0 Å². The van der Waals surface area contributed by atoms with E-state index in [-0.39, 0.29) is 17.7 Å². The summed E-state index contributed by atoms with van der Waals surface area (Å²) in [6, 6.07) is 0.959. The molecule has 0 aromatic carbocycles. The van der Waals surface area contributed by atoms with Gasteiger partial charge in [-0.2, -0.15) is 0 Å². The fourth-order valence-electron chi connectivity index (χ4n) is 1.64. The molecule has 0 fully saturated rings. The predicted octanol–water partition coefficient (Wildman–Crippen LogP) is 3.82. The minimum Gasteiger partial charge on any atom is -0.450 e. The van der Waals surface area contributed by atoms with Crippen molar-refractivity contribution in [3.8, 4) is 0 Å². The fraction of sp³-hybridized carbons (Fsp3) is 0.938. The second-order valence-corrected chi connectivity index (χ2v) is 19.2. The van der Waals surface area contributed by atoms with Gasteiger partial charge < -0.3 is 19.6 Å². The number of ether oxygens (including phenoxy) is 1. The monoisotopic (exact) mass is 363 g/mol. The van der Waals surface area contributed by atoms with Crippen LogP contribution in [0.15, 0.2) is 0 Å². The highest BCUT2D eigenvalue weighted by Crippen LogP contribution is 2.37. The summed E-state index contributed by atoms with van der Waals surface area (Å²) < 4.78 is 11.5. The van der Waals surface area contributed by atoms with Crippen LogP contribution in [0.4, 0.5) is 4.79 Å². The van der Waals surface area contributed by atoms with Gasteiger partial charge in [0.25, 0.3) is 0 Å². The van der Waals surface area contributed by atoms with Crippen molar-refractivity contribution in [3.05, 3.63) is 0 Å². The van der Waals surface area contributed by atoms with Gasteiger partial charge in [0, 0.05) is 21.2 Å². The van der Waals surface area contributed by atoms with Crippen LogP contribution < -0.4 is 5.32 Å². The first-order valence-electron chi connectivity index (χ1n) is 8.48. The van der Waals surface area contributed by atoms with Crippen LogP contribution in [-0.4, -0.2) is 53.5 Å². The summed E-state index contributed by atoms with van der Waals surface area (Å²) in [5.41, 5.74) is 0. The number of aliphatic hydroxyl groups excluding tert-OH is 1. The maximum absolute atomic E-state index is 11.8. The molecule has 0 heterocycles. The SMILES string of the molecule is CC(C)(C)[Si](C)(C)O[C@H](CCO)CNC(=O)OCC[Si](C)(C)C. The molecule has 1 amide bonds. The van der Waals surface area contributed by atoms with E-state index >= 15 is 0 Å². The Kier molecular flexibility index (Phi) is 9.05. The number of carbonyl (C=O) groups is 1. The first-order chi connectivity index (χ1) is 10.3. The van der Waals surface area contributed by atoms with Crippen LogP contribution in [0, 0.1) is 0 Å². The summed E-state index contributed by atoms with van der Waals surface area (Å²) in [7, 11) is -3.12. The molecule has 138 valence electrons. The van der Waals surface area contributed by atoms with Crippen molar-refractivity contribution in [2.45, 2.75) is 77.1 Å². The molecule has 0 radical (unpaired) electrons. The normalized spacial score (nSPS) is 14.5. The van der Waals surface area contributed by atoms with E-state index in [1.807, 2.05) is 0 Å². The van der Waals surface area contributed by atoms with Gasteiger partial charge in [-0.15, -0.1) is 0 Å². The molecule has 1 atom stereocenters. The van der Waals surface area contributed by atoms with E-state index in [4.69, 9.17) is 9.16 Å². The summed E-state index contributed by atoms with van der Waals surface area (Å²) >= 11 is 0. The van der Waals surface area contributed by atoms with Gasteiger partial charge in [-0.1, -0.05) is 40.4 Å². The van der Waals surface area contributed by atoms with Gasteiger partial charge in [0.15, 0.2) is 8.32 Å². The van der Waals surface area contributed by atoms with E-state index in [1.165, 1.54) is 0 Å². The second kappa shape index (κ2) is 9.20. The molecule has 0 spiro atoms. The number of aliphatic hydroxyl groups is 1. The molecule has 0 rings (SSSR count). The van der Waals surface area contributed by atoms with Crippen molar-refractivity contribution in [1.29, 1.82) is 0 Å². The topological polar surface area (TPSA) is 67.8 Å². The molecule has 0 aliphatic rings. The quantitative estimate of drug-likeness (QED) is 0.611. The fourth-order valence-corrected chi connectivity index (χ4v) is 3.74. The largest absolute Gasteiger partial charge is 0.450 e. The van der Waals surface area contributed by atoms with Gasteiger partial charge in [0.2, 0.25) is 0 Å². The Morgan fingerprint density at radius 2 is 1.74 bits per heavy atom. The van der Waals surface area contributed by atoms with Crippen LogP contribution in [0.1, 0.15) is 27.2 Å². The molecule has 0 aromatic heterocycles. The molecule has 2 N–H and O–H groups in total. The highest BCUT2D eigenvalue weighted by Gasteiger charge is 2.39. The lowest BCUT2D eigenvalue weighted by atomic mass is 10.2. The van der Waals surface area contributed by atoms with E-state index in [1.54, 1.807) is 0 Å². The number of nitrogens with one attached hydrogen (secondary N) is 1. The molecule has 0 aliphatic carbocycles. The molecule has 7 heteroatoms. The van der Waals surface area contributed by atoms with Crippen molar-refractivity contribution in [3.63, 3.8) is 0 Å². The minimum absolute atomic E-state index is 0.0473. The molecule has 5 nitrogen and oxygen atoms in total. The summed E-state index contributed by atoms with van der Waals surface area (Å²) in [6.45, 7) is 18.5. The molecule has 0 bridgehead atoms. The zero-order valence-corrected chi connectivity index (χ0v) is 18.3. The molecular weight excluding hydrogens is 326 g/mol. The van der Waals surface area contributed by atoms with Crippen LogP contribution in [0.5, 0.6) is 0 Å². The summed E-state index contributed by atoms with van der Waals surface area (Å²) in [5, 5.41) is 12.1. The van der Waals surface area contributed by atoms with Crippen LogP contribution in [0.2, 0.25) is 43.8 Å². The van der Waals surface area contributed by atoms with Crippen molar-refractivity contribution < 1.29 is 19.1 Å². The first kappa shape index (κ1) is 22.6. The van der Waals surface area contributed by atoms with E-state index in [0.29, 0.717) is 19.6 Å². The van der Waals surface area contributed by atoms with E-state index in [0.717, 1.165) is 6.04 Å². The van der Waals surface area contributed by atoms with Crippen LogP contribution >= 0.6 is 0 Å². The van der Waals surface area contributed by atoms with Gasteiger partial charge in [-0.05, 0) is 30.6 Å². The Morgan fingerprint density at radius 3 is 2.17 bits per heavy atom. The number of hydrogen-bond acceptors (Lipinski definition) is 4. The third-order valence-electron chi connectivity index (χ3n) is 4.28. The lowest BCUT2D eigenvalue weighted by molar-refractivity contribution is 0.122. The zero-order valence-electron chi connectivity index (χ0n) is 16.3. The molecule has 0 saturated heterocycles. The highest BCUT2D eigenvalue weighted by atomic mass is 28.4. The Labute approximate surface area is 144 Å². The molecule has 0 aromatic rings. The third kappa shape index (κ3) is 10.2. The molecular formula is C16H37NO4Si2. The number of carbonyl (C=O) groups excluding carboxylic acids is 1. The maximum atomic E-state index is 11.8. The Bertz CT molecular complexity index is 362. The zero-order chi connectivity index (χ0) is 18.3. The Hall–Kier alpha value is -0.376. The van der Waals surface area contributed by atoms with E-state index in [2.05, 4.69) is 58.8 Å². The second-order valence-electron chi connectivity index (χ2n) is 8.84. The number of amides is 1. The summed E-state index contributed by atoms with van der Waals surface area (Å²) in [5.74, 6) is 0.